The minimum absolute atomic E-state index is 0.0229. The minimum atomic E-state index is -0.727. The first-order valence-corrected chi connectivity index (χ1v) is 12.5. The van der Waals surface area contributed by atoms with Crippen LogP contribution in [0.2, 0.25) is 0 Å². The Kier molecular flexibility index (Phi) is 8.08. The molecule has 1 saturated heterocycles. The monoisotopic (exact) mass is 517 g/mol. The van der Waals surface area contributed by atoms with Crippen LogP contribution >= 0.6 is 12.2 Å². The van der Waals surface area contributed by atoms with Crippen LogP contribution in [0.1, 0.15) is 28.7 Å². The Bertz CT molecular complexity index is 1310. The van der Waals surface area contributed by atoms with Crippen molar-refractivity contribution in [3.63, 3.8) is 0 Å². The van der Waals surface area contributed by atoms with Gasteiger partial charge in [-0.2, -0.15) is 0 Å². The van der Waals surface area contributed by atoms with Crippen LogP contribution in [-0.2, 0) is 22.7 Å². The lowest BCUT2D eigenvalue weighted by Gasteiger charge is -2.24. The summed E-state index contributed by atoms with van der Waals surface area (Å²) in [6, 6.07) is 20.4. The van der Waals surface area contributed by atoms with Gasteiger partial charge < -0.3 is 19.7 Å². The van der Waals surface area contributed by atoms with E-state index in [0.29, 0.717) is 29.7 Å². The molecule has 1 aliphatic heterocycles. The van der Waals surface area contributed by atoms with Crippen molar-refractivity contribution in [2.45, 2.75) is 39.4 Å². The lowest BCUT2D eigenvalue weighted by Crippen LogP contribution is -2.37. The molecular weight excluding hydrogens is 486 g/mol. The highest BCUT2D eigenvalue weighted by molar-refractivity contribution is 7.80. The second kappa shape index (κ2) is 11.4. The fourth-order valence-corrected chi connectivity index (χ4v) is 4.84. The van der Waals surface area contributed by atoms with Gasteiger partial charge in [0, 0.05) is 12.2 Å². The van der Waals surface area contributed by atoms with E-state index in [1.807, 2.05) is 85.5 Å². The number of carbonyl (C=O) groups excluding carboxylic acids is 2. The quantitative estimate of drug-likeness (QED) is 0.410. The second-order valence-corrected chi connectivity index (χ2v) is 9.46. The Morgan fingerprint density at radius 1 is 0.919 bits per heavy atom. The number of anilines is 1. The third kappa shape index (κ3) is 5.91. The fourth-order valence-electron chi connectivity index (χ4n) is 4.49. The van der Waals surface area contributed by atoms with E-state index in [9.17, 15) is 9.59 Å². The van der Waals surface area contributed by atoms with E-state index >= 15 is 0 Å². The molecule has 3 aromatic carbocycles. The Balaban J connectivity index is 1.59. The number of nitrogens with zero attached hydrogens (tertiary/aromatic N) is 2. The Hall–Kier alpha value is -3.91. The summed E-state index contributed by atoms with van der Waals surface area (Å²) in [6.45, 7) is 4.64. The zero-order valence-electron chi connectivity index (χ0n) is 21.5. The van der Waals surface area contributed by atoms with Crippen LogP contribution in [0.5, 0.6) is 11.5 Å². The number of rotatable bonds is 9. The highest BCUT2D eigenvalue weighted by Gasteiger charge is 2.43. The smallest absolute Gasteiger partial charge is 0.252 e. The molecule has 1 N–H and O–H groups in total. The lowest BCUT2D eigenvalue weighted by atomic mass is 10.1. The summed E-state index contributed by atoms with van der Waals surface area (Å²) < 4.78 is 10.8. The Morgan fingerprint density at radius 2 is 1.65 bits per heavy atom. The average molecular weight is 518 g/mol. The zero-order valence-corrected chi connectivity index (χ0v) is 22.3. The van der Waals surface area contributed by atoms with Crippen LogP contribution in [0.15, 0.2) is 66.7 Å². The van der Waals surface area contributed by atoms with Gasteiger partial charge in [0.1, 0.15) is 6.04 Å². The van der Waals surface area contributed by atoms with Crippen molar-refractivity contribution in [3.05, 3.63) is 89.0 Å². The van der Waals surface area contributed by atoms with E-state index in [2.05, 4.69) is 5.32 Å². The number of benzene rings is 3. The van der Waals surface area contributed by atoms with E-state index in [1.54, 1.807) is 19.1 Å². The lowest BCUT2D eigenvalue weighted by molar-refractivity contribution is -0.131. The van der Waals surface area contributed by atoms with Gasteiger partial charge in [-0.1, -0.05) is 54.1 Å². The number of ether oxygens (including phenoxy) is 2. The third-order valence-corrected chi connectivity index (χ3v) is 6.88. The number of hydrogen-bond acceptors (Lipinski definition) is 5. The zero-order chi connectivity index (χ0) is 26.5. The van der Waals surface area contributed by atoms with E-state index in [-0.39, 0.29) is 18.2 Å². The highest BCUT2D eigenvalue weighted by atomic mass is 32.1. The summed E-state index contributed by atoms with van der Waals surface area (Å²) in [5, 5.41) is 3.36. The van der Waals surface area contributed by atoms with Gasteiger partial charge in [0.25, 0.3) is 5.91 Å². The largest absolute Gasteiger partial charge is 0.493 e. The third-order valence-electron chi connectivity index (χ3n) is 6.42. The first-order valence-electron chi connectivity index (χ1n) is 12.0. The van der Waals surface area contributed by atoms with Gasteiger partial charge in [-0.15, -0.1) is 0 Å². The van der Waals surface area contributed by atoms with E-state index in [0.717, 1.165) is 27.9 Å². The summed E-state index contributed by atoms with van der Waals surface area (Å²) in [4.78, 5) is 30.1. The van der Waals surface area contributed by atoms with E-state index in [1.165, 1.54) is 0 Å². The van der Waals surface area contributed by atoms with Gasteiger partial charge in [0.05, 0.1) is 27.2 Å². The maximum absolute atomic E-state index is 13.6. The topological polar surface area (TPSA) is 71.1 Å². The Morgan fingerprint density at radius 3 is 2.32 bits per heavy atom. The van der Waals surface area contributed by atoms with Gasteiger partial charge in [0.2, 0.25) is 5.91 Å². The van der Waals surface area contributed by atoms with E-state index in [4.69, 9.17) is 21.7 Å². The molecule has 3 aromatic rings. The molecule has 0 bridgehead atoms. The molecule has 0 radical (unpaired) electrons. The Labute approximate surface area is 223 Å². The molecule has 1 heterocycles. The molecule has 1 aliphatic rings. The number of thiocarbonyl (C=S) groups is 1. The van der Waals surface area contributed by atoms with Gasteiger partial charge in [-0.25, -0.2) is 0 Å². The minimum Gasteiger partial charge on any atom is -0.493 e. The summed E-state index contributed by atoms with van der Waals surface area (Å²) in [7, 11) is 3.16. The van der Waals surface area contributed by atoms with Gasteiger partial charge in [-0.05, 0) is 61.0 Å². The van der Waals surface area contributed by atoms with Crippen molar-refractivity contribution in [1.82, 2.24) is 9.80 Å². The normalized spacial score (nSPS) is 15.2. The summed E-state index contributed by atoms with van der Waals surface area (Å²) in [6.07, 6.45) is -0.0229. The van der Waals surface area contributed by atoms with Crippen molar-refractivity contribution < 1.29 is 19.1 Å². The van der Waals surface area contributed by atoms with Gasteiger partial charge in [0.15, 0.2) is 16.6 Å². The van der Waals surface area contributed by atoms with Gasteiger partial charge in [-0.3, -0.25) is 14.5 Å². The molecule has 0 saturated carbocycles. The maximum Gasteiger partial charge on any atom is 0.252 e. The maximum atomic E-state index is 13.6. The fraction of sp³-hybridized carbons (Fsp3) is 0.276. The number of aryl methyl sites for hydroxylation is 2. The molecule has 1 fully saturated rings. The molecule has 8 heteroatoms. The summed E-state index contributed by atoms with van der Waals surface area (Å²) in [5.41, 5.74) is 4.66. The molecular formula is C29H31N3O4S. The van der Waals surface area contributed by atoms with Gasteiger partial charge >= 0.3 is 0 Å². The first kappa shape index (κ1) is 26.2. The van der Waals surface area contributed by atoms with Crippen LogP contribution < -0.4 is 14.8 Å². The van der Waals surface area contributed by atoms with Crippen molar-refractivity contribution in [2.75, 3.05) is 19.5 Å². The van der Waals surface area contributed by atoms with Crippen molar-refractivity contribution in [3.8, 4) is 11.5 Å². The SMILES string of the molecule is COc1ccc(CN2C(=S)N(Cc3ccccc3)C(=O)[C@H]2CC(=O)Nc2ccc(C)cc2C)cc1OC. The van der Waals surface area contributed by atoms with Crippen LogP contribution in [-0.4, -0.2) is 47.0 Å². The molecule has 7 nitrogen and oxygen atoms in total. The van der Waals surface area contributed by atoms with Crippen LogP contribution in [0.3, 0.4) is 0 Å². The number of amides is 2. The second-order valence-electron chi connectivity index (χ2n) is 9.10. The predicted octanol–water partition coefficient (Wildman–Crippen LogP) is 4.85. The standard InChI is InChI=1S/C29H31N3O4S/c1-19-10-12-23(20(2)14-19)30-27(33)16-24-28(34)32(17-21-8-6-5-7-9-21)29(37)31(24)18-22-11-13-25(35-3)26(15-22)36-4/h5-15,24H,16-18H2,1-4H3,(H,30,33)/t24-/m1/s1. The molecule has 4 rings (SSSR count). The predicted molar refractivity (Wildman–Crippen MR) is 148 cm³/mol. The van der Waals surface area contributed by atoms with Crippen molar-refractivity contribution in [1.29, 1.82) is 0 Å². The molecule has 0 aliphatic carbocycles. The molecule has 2 amide bonds. The van der Waals surface area contributed by atoms with Crippen molar-refractivity contribution in [2.24, 2.45) is 0 Å². The van der Waals surface area contributed by atoms with E-state index < -0.39 is 6.04 Å². The summed E-state index contributed by atoms with van der Waals surface area (Å²) >= 11 is 5.79. The van der Waals surface area contributed by atoms with Crippen LogP contribution in [0.4, 0.5) is 5.69 Å². The number of hydrogen-bond donors (Lipinski definition) is 1. The molecule has 0 aromatic heterocycles. The first-order chi connectivity index (χ1) is 17.8. The number of carbonyl (C=O) groups is 2. The molecule has 37 heavy (non-hydrogen) atoms. The molecule has 0 spiro atoms. The summed E-state index contributed by atoms with van der Waals surface area (Å²) in [5.74, 6) is 0.764. The van der Waals surface area contributed by atoms with Crippen LogP contribution in [0, 0.1) is 13.8 Å². The molecule has 0 unspecified atom stereocenters. The number of methoxy groups -OCH3 is 2. The highest BCUT2D eigenvalue weighted by Crippen LogP contribution is 2.31. The molecule has 1 atom stereocenters. The van der Waals surface area contributed by atoms with Crippen molar-refractivity contribution >= 4 is 34.8 Å². The average Bonchev–Trinajstić information content (AvgIpc) is 3.10. The van der Waals surface area contributed by atoms with Crippen LogP contribution in [0.25, 0.3) is 0 Å². The molecule has 192 valence electrons. The number of nitrogens with one attached hydrogen (secondary N) is 1.